The van der Waals surface area contributed by atoms with Crippen molar-refractivity contribution in [2.24, 2.45) is 0 Å². The number of carboxylic acids is 1. The van der Waals surface area contributed by atoms with Gasteiger partial charge in [-0.05, 0) is 43.1 Å². The number of aromatic nitrogens is 1. The topological polar surface area (TPSA) is 50.2 Å². The highest BCUT2D eigenvalue weighted by atomic mass is 32.2. The summed E-state index contributed by atoms with van der Waals surface area (Å²) in [4.78, 5) is 15.4. The van der Waals surface area contributed by atoms with Crippen LogP contribution in [0.15, 0.2) is 24.5 Å². The van der Waals surface area contributed by atoms with E-state index in [4.69, 9.17) is 0 Å². The van der Waals surface area contributed by atoms with Crippen LogP contribution in [0.2, 0.25) is 0 Å². The van der Waals surface area contributed by atoms with E-state index >= 15 is 0 Å². The van der Waals surface area contributed by atoms with Gasteiger partial charge in [0.1, 0.15) is 4.75 Å². The molecule has 0 radical (unpaired) electrons. The first-order valence-corrected chi connectivity index (χ1v) is 6.48. The van der Waals surface area contributed by atoms with Crippen molar-refractivity contribution in [3.63, 3.8) is 0 Å². The van der Waals surface area contributed by atoms with Crippen molar-refractivity contribution in [3.8, 4) is 0 Å². The molecular weight excluding hydrogens is 222 g/mol. The third-order valence-corrected chi connectivity index (χ3v) is 4.66. The monoisotopic (exact) mass is 237 g/mol. The average Bonchev–Trinajstić information content (AvgIpc) is 2.78. The molecule has 0 aliphatic carbocycles. The zero-order valence-electron chi connectivity index (χ0n) is 9.06. The maximum atomic E-state index is 11.3. The minimum Gasteiger partial charge on any atom is -0.480 e. The van der Waals surface area contributed by atoms with Crippen molar-refractivity contribution < 1.29 is 9.90 Å². The molecule has 4 heteroatoms. The zero-order chi connectivity index (χ0) is 11.4. The number of hydrogen-bond donors (Lipinski definition) is 1. The lowest BCUT2D eigenvalue weighted by atomic mass is 9.95. The Balaban J connectivity index is 2.00. The van der Waals surface area contributed by atoms with Gasteiger partial charge in [-0.2, -0.15) is 0 Å². The van der Waals surface area contributed by atoms with Crippen molar-refractivity contribution in [2.75, 3.05) is 5.75 Å². The predicted octanol–water partition coefficient (Wildman–Crippen LogP) is 2.36. The molecule has 2 rings (SSSR count). The fourth-order valence-electron chi connectivity index (χ4n) is 2.06. The molecule has 3 nitrogen and oxygen atoms in total. The number of hydrogen-bond acceptors (Lipinski definition) is 3. The molecule has 16 heavy (non-hydrogen) atoms. The molecular formula is C12H15NO2S. The molecule has 1 aliphatic heterocycles. The Labute approximate surface area is 99.3 Å². The smallest absolute Gasteiger partial charge is 0.319 e. The quantitative estimate of drug-likeness (QED) is 0.873. The Bertz CT molecular complexity index is 361. The number of carbonyl (C=O) groups is 1. The van der Waals surface area contributed by atoms with E-state index < -0.39 is 10.7 Å². The van der Waals surface area contributed by atoms with Crippen LogP contribution >= 0.6 is 11.8 Å². The molecule has 1 N–H and O–H groups in total. The molecule has 0 spiro atoms. The van der Waals surface area contributed by atoms with Gasteiger partial charge in [0.15, 0.2) is 0 Å². The normalized spacial score (nSPS) is 24.5. The molecule has 1 aromatic rings. The summed E-state index contributed by atoms with van der Waals surface area (Å²) in [5, 5.41) is 9.31. The van der Waals surface area contributed by atoms with Crippen LogP contribution < -0.4 is 0 Å². The van der Waals surface area contributed by atoms with Gasteiger partial charge in [0.05, 0.1) is 0 Å². The highest BCUT2D eigenvalue weighted by Gasteiger charge is 2.41. The number of rotatable bonds is 4. The minimum absolute atomic E-state index is 0.546. The van der Waals surface area contributed by atoms with Crippen molar-refractivity contribution in [1.29, 1.82) is 0 Å². The van der Waals surface area contributed by atoms with Crippen molar-refractivity contribution in [2.45, 2.75) is 30.4 Å². The van der Waals surface area contributed by atoms with Crippen LogP contribution in [0, 0.1) is 0 Å². The summed E-state index contributed by atoms with van der Waals surface area (Å²) in [7, 11) is 0. The number of thioether (sulfide) groups is 1. The van der Waals surface area contributed by atoms with Gasteiger partial charge in [0.2, 0.25) is 0 Å². The van der Waals surface area contributed by atoms with Gasteiger partial charge < -0.3 is 5.11 Å². The van der Waals surface area contributed by atoms with E-state index in [1.807, 2.05) is 18.3 Å². The Hall–Kier alpha value is -1.03. The largest absolute Gasteiger partial charge is 0.480 e. The summed E-state index contributed by atoms with van der Waals surface area (Å²) in [6.07, 6.45) is 6.87. The molecule has 2 heterocycles. The standard InChI is InChI=1S/C12H15NO2S/c14-11(15)12(5-2-8-16-12)6-4-10-3-1-7-13-9-10/h1,3,7,9H,2,4-6,8H2,(H,14,15). The van der Waals surface area contributed by atoms with Crippen LogP contribution in [0.4, 0.5) is 0 Å². The number of pyridine rings is 1. The highest BCUT2D eigenvalue weighted by Crippen LogP contribution is 2.41. The summed E-state index contributed by atoms with van der Waals surface area (Å²) in [5.41, 5.74) is 1.12. The molecule has 0 bridgehead atoms. The van der Waals surface area contributed by atoms with E-state index in [0.717, 1.165) is 30.6 Å². The average molecular weight is 237 g/mol. The third kappa shape index (κ3) is 2.38. The summed E-state index contributed by atoms with van der Waals surface area (Å²) in [6, 6.07) is 3.90. The van der Waals surface area contributed by atoms with Crippen molar-refractivity contribution in [3.05, 3.63) is 30.1 Å². The number of nitrogens with zero attached hydrogens (tertiary/aromatic N) is 1. The first-order valence-electron chi connectivity index (χ1n) is 5.49. The molecule has 0 amide bonds. The van der Waals surface area contributed by atoms with Gasteiger partial charge in [-0.15, -0.1) is 11.8 Å². The van der Waals surface area contributed by atoms with E-state index in [9.17, 15) is 9.90 Å². The summed E-state index contributed by atoms with van der Waals surface area (Å²) in [6.45, 7) is 0. The van der Waals surface area contributed by atoms with Gasteiger partial charge in [0.25, 0.3) is 0 Å². The van der Waals surface area contributed by atoms with Gasteiger partial charge in [-0.25, -0.2) is 0 Å². The fraction of sp³-hybridized carbons (Fsp3) is 0.500. The van der Waals surface area contributed by atoms with E-state index in [1.54, 1.807) is 18.0 Å². The summed E-state index contributed by atoms with van der Waals surface area (Å²) < 4.78 is -0.546. The van der Waals surface area contributed by atoms with Crippen molar-refractivity contribution >= 4 is 17.7 Å². The zero-order valence-corrected chi connectivity index (χ0v) is 9.87. The van der Waals surface area contributed by atoms with Crippen LogP contribution in [-0.2, 0) is 11.2 Å². The molecule has 1 atom stereocenters. The Kier molecular flexibility index (Phi) is 3.49. The van der Waals surface area contributed by atoms with E-state index in [0.29, 0.717) is 6.42 Å². The molecule has 1 aromatic heterocycles. The fourth-order valence-corrected chi connectivity index (χ4v) is 3.40. The maximum absolute atomic E-state index is 11.3. The highest BCUT2D eigenvalue weighted by molar-refractivity contribution is 8.01. The SMILES string of the molecule is O=C(O)C1(CCc2cccnc2)CCCS1. The van der Waals surface area contributed by atoms with Gasteiger partial charge in [-0.3, -0.25) is 9.78 Å². The first kappa shape index (κ1) is 11.5. The second kappa shape index (κ2) is 4.87. The van der Waals surface area contributed by atoms with Crippen LogP contribution in [0.25, 0.3) is 0 Å². The minimum atomic E-state index is -0.654. The molecule has 1 unspecified atom stereocenters. The van der Waals surface area contributed by atoms with Crippen LogP contribution in [0.5, 0.6) is 0 Å². The van der Waals surface area contributed by atoms with Crippen LogP contribution in [0.1, 0.15) is 24.8 Å². The van der Waals surface area contributed by atoms with Crippen LogP contribution in [-0.4, -0.2) is 26.6 Å². The van der Waals surface area contributed by atoms with Gasteiger partial charge in [0, 0.05) is 12.4 Å². The lowest BCUT2D eigenvalue weighted by Crippen LogP contribution is -2.32. The predicted molar refractivity (Wildman–Crippen MR) is 64.6 cm³/mol. The lowest BCUT2D eigenvalue weighted by molar-refractivity contribution is -0.140. The van der Waals surface area contributed by atoms with Gasteiger partial charge >= 0.3 is 5.97 Å². The van der Waals surface area contributed by atoms with Gasteiger partial charge in [-0.1, -0.05) is 6.07 Å². The Morgan fingerprint density at radius 2 is 2.50 bits per heavy atom. The second-order valence-corrected chi connectivity index (χ2v) is 5.59. The third-order valence-electron chi connectivity index (χ3n) is 3.03. The lowest BCUT2D eigenvalue weighted by Gasteiger charge is -2.22. The number of aryl methyl sites for hydroxylation is 1. The molecule has 1 fully saturated rings. The molecule has 1 saturated heterocycles. The van der Waals surface area contributed by atoms with Crippen LogP contribution in [0.3, 0.4) is 0 Å². The van der Waals surface area contributed by atoms with E-state index in [-0.39, 0.29) is 0 Å². The first-order chi connectivity index (χ1) is 7.73. The van der Waals surface area contributed by atoms with Crippen molar-refractivity contribution in [1.82, 2.24) is 4.98 Å². The molecule has 0 saturated carbocycles. The number of aliphatic carboxylic acids is 1. The van der Waals surface area contributed by atoms with E-state index in [2.05, 4.69) is 4.98 Å². The summed E-state index contributed by atoms with van der Waals surface area (Å²) >= 11 is 1.60. The maximum Gasteiger partial charge on any atom is 0.319 e. The molecule has 86 valence electrons. The molecule has 0 aromatic carbocycles. The second-order valence-electron chi connectivity index (χ2n) is 4.11. The molecule has 1 aliphatic rings. The Morgan fingerprint density at radius 1 is 1.62 bits per heavy atom. The van der Waals surface area contributed by atoms with E-state index in [1.165, 1.54) is 0 Å². The Morgan fingerprint density at radius 3 is 3.06 bits per heavy atom. The number of carboxylic acid groups (broad SMARTS) is 1. The summed E-state index contributed by atoms with van der Waals surface area (Å²) in [5.74, 6) is 0.318.